The van der Waals surface area contributed by atoms with E-state index >= 15 is 0 Å². The highest BCUT2D eigenvalue weighted by molar-refractivity contribution is 5.86. The molecule has 0 aliphatic heterocycles. The second kappa shape index (κ2) is 9.77. The summed E-state index contributed by atoms with van der Waals surface area (Å²) >= 11 is 0. The van der Waals surface area contributed by atoms with Crippen LogP contribution in [0.4, 0.5) is 4.79 Å². The third-order valence-corrected chi connectivity index (χ3v) is 4.87. The molecule has 7 nitrogen and oxygen atoms in total. The molecule has 32 heavy (non-hydrogen) atoms. The number of nitrogens with one attached hydrogen (secondary N) is 1. The zero-order valence-electron chi connectivity index (χ0n) is 19.3. The fraction of sp³-hybridized carbons (Fsp3) is 0.360. The Kier molecular flexibility index (Phi) is 7.08. The van der Waals surface area contributed by atoms with E-state index in [2.05, 4.69) is 15.3 Å². The predicted octanol–water partition coefficient (Wildman–Crippen LogP) is 4.03. The van der Waals surface area contributed by atoms with Gasteiger partial charge in [-0.2, -0.15) is 0 Å². The van der Waals surface area contributed by atoms with Crippen LogP contribution in [0.15, 0.2) is 54.6 Å². The maximum atomic E-state index is 13.3. The first-order valence-corrected chi connectivity index (χ1v) is 10.6. The van der Waals surface area contributed by atoms with Crippen molar-refractivity contribution in [3.63, 3.8) is 0 Å². The van der Waals surface area contributed by atoms with Crippen LogP contribution in [0.2, 0.25) is 0 Å². The van der Waals surface area contributed by atoms with Gasteiger partial charge in [-0.3, -0.25) is 4.79 Å². The van der Waals surface area contributed by atoms with E-state index in [4.69, 9.17) is 4.74 Å². The summed E-state index contributed by atoms with van der Waals surface area (Å²) in [7, 11) is 1.69. The van der Waals surface area contributed by atoms with Gasteiger partial charge in [0.25, 0.3) is 0 Å². The zero-order valence-corrected chi connectivity index (χ0v) is 19.3. The van der Waals surface area contributed by atoms with E-state index in [0.717, 1.165) is 22.2 Å². The van der Waals surface area contributed by atoms with E-state index in [-0.39, 0.29) is 12.5 Å². The summed E-state index contributed by atoms with van der Waals surface area (Å²) in [6.45, 7) is 7.51. The number of fused-ring (bicyclic) bond motifs is 1. The van der Waals surface area contributed by atoms with E-state index in [9.17, 15) is 9.59 Å². The van der Waals surface area contributed by atoms with Crippen molar-refractivity contribution in [3.8, 4) is 0 Å². The second-order valence-corrected chi connectivity index (χ2v) is 8.83. The first-order chi connectivity index (χ1) is 15.1. The van der Waals surface area contributed by atoms with Gasteiger partial charge in [0.1, 0.15) is 17.5 Å². The van der Waals surface area contributed by atoms with Crippen molar-refractivity contribution in [2.75, 3.05) is 7.05 Å². The van der Waals surface area contributed by atoms with Gasteiger partial charge in [-0.05, 0) is 39.3 Å². The summed E-state index contributed by atoms with van der Waals surface area (Å²) in [5.41, 5.74) is 1.98. The van der Waals surface area contributed by atoms with Crippen LogP contribution >= 0.6 is 0 Å². The molecule has 2 amide bonds. The molecule has 168 valence electrons. The van der Waals surface area contributed by atoms with Crippen LogP contribution in [0.5, 0.6) is 0 Å². The first-order valence-electron chi connectivity index (χ1n) is 10.6. The molecule has 1 heterocycles. The number of carbonyl (C=O) groups excluding carboxylic acids is 2. The van der Waals surface area contributed by atoms with E-state index < -0.39 is 17.7 Å². The minimum Gasteiger partial charge on any atom is -0.444 e. The quantitative estimate of drug-likeness (QED) is 0.633. The van der Waals surface area contributed by atoms with Gasteiger partial charge in [-0.1, -0.05) is 48.5 Å². The Balaban J connectivity index is 1.78. The van der Waals surface area contributed by atoms with Gasteiger partial charge in [0.05, 0.1) is 12.1 Å². The van der Waals surface area contributed by atoms with Crippen LogP contribution in [-0.2, 0) is 22.5 Å². The Morgan fingerprint density at radius 1 is 1.03 bits per heavy atom. The van der Waals surface area contributed by atoms with E-state index in [1.54, 1.807) is 27.8 Å². The number of hydrogen-bond acceptors (Lipinski definition) is 5. The molecule has 1 aromatic heterocycles. The van der Waals surface area contributed by atoms with Crippen molar-refractivity contribution >= 4 is 22.9 Å². The summed E-state index contributed by atoms with van der Waals surface area (Å²) in [5, 5.41) is 3.72. The predicted molar refractivity (Wildman–Crippen MR) is 124 cm³/mol. The lowest BCUT2D eigenvalue weighted by molar-refractivity contribution is -0.132. The number of likely N-dealkylation sites (N-methyl/N-ethyl adjacent to an activating group) is 1. The number of aromatic nitrogens is 2. The molecule has 0 radical (unpaired) electrons. The van der Waals surface area contributed by atoms with Gasteiger partial charge in [0.2, 0.25) is 5.91 Å². The molecule has 0 fully saturated rings. The number of nitrogens with zero attached hydrogens (tertiary/aromatic N) is 3. The van der Waals surface area contributed by atoms with Crippen molar-refractivity contribution < 1.29 is 14.3 Å². The Morgan fingerprint density at radius 3 is 2.38 bits per heavy atom. The maximum Gasteiger partial charge on any atom is 0.408 e. The number of carbonyl (C=O) groups is 2. The monoisotopic (exact) mass is 434 g/mol. The molecule has 1 atom stereocenters. The van der Waals surface area contributed by atoms with Gasteiger partial charge in [0.15, 0.2) is 0 Å². The molecule has 1 unspecified atom stereocenters. The molecule has 0 spiro atoms. The number of amides is 2. The lowest BCUT2D eigenvalue weighted by Crippen LogP contribution is -2.49. The summed E-state index contributed by atoms with van der Waals surface area (Å²) in [4.78, 5) is 36.4. The topological polar surface area (TPSA) is 84.4 Å². The van der Waals surface area contributed by atoms with Crippen molar-refractivity contribution in [1.82, 2.24) is 20.2 Å². The molecule has 2 aromatic carbocycles. The van der Waals surface area contributed by atoms with E-state index in [1.165, 1.54) is 4.90 Å². The van der Waals surface area contributed by atoms with Crippen molar-refractivity contribution in [2.45, 2.75) is 52.3 Å². The van der Waals surface area contributed by atoms with Crippen LogP contribution in [0.25, 0.3) is 10.9 Å². The molecule has 1 N–H and O–H groups in total. The number of ether oxygens (including phenoxy) is 1. The molecule has 0 saturated carbocycles. The molecule has 0 bridgehead atoms. The standard InChI is InChI=1S/C25H30N4O3/c1-17-19-13-9-10-14-20(19)27-22(26-17)16-29(5)23(30)21(15-18-11-7-6-8-12-18)28-24(31)32-25(2,3)4/h6-14,21H,15-16H2,1-5H3,(H,28,31). The second-order valence-electron chi connectivity index (χ2n) is 8.83. The van der Waals surface area contributed by atoms with Crippen molar-refractivity contribution in [2.24, 2.45) is 0 Å². The Labute approximate surface area is 188 Å². The fourth-order valence-corrected chi connectivity index (χ4v) is 3.42. The summed E-state index contributed by atoms with van der Waals surface area (Å²) in [6.07, 6.45) is -0.279. The molecule has 7 heteroatoms. The van der Waals surface area contributed by atoms with Gasteiger partial charge >= 0.3 is 6.09 Å². The van der Waals surface area contributed by atoms with Crippen LogP contribution in [0, 0.1) is 6.92 Å². The normalized spacial score (nSPS) is 12.3. The summed E-state index contributed by atoms with van der Waals surface area (Å²) < 4.78 is 5.37. The lowest BCUT2D eigenvalue weighted by Gasteiger charge is -2.26. The van der Waals surface area contributed by atoms with Crippen molar-refractivity contribution in [1.29, 1.82) is 0 Å². The number of rotatable bonds is 6. The van der Waals surface area contributed by atoms with Gasteiger partial charge in [-0.15, -0.1) is 0 Å². The van der Waals surface area contributed by atoms with Gasteiger partial charge in [0, 0.05) is 24.5 Å². The first kappa shape index (κ1) is 23.2. The third kappa shape index (κ3) is 6.26. The molecular formula is C25H30N4O3. The number of para-hydroxylation sites is 1. The van der Waals surface area contributed by atoms with Crippen LogP contribution in [0.3, 0.4) is 0 Å². The lowest BCUT2D eigenvalue weighted by atomic mass is 10.0. The fourth-order valence-electron chi connectivity index (χ4n) is 3.42. The SMILES string of the molecule is Cc1nc(CN(C)C(=O)C(Cc2ccccc2)NC(=O)OC(C)(C)C)nc2ccccc12. The smallest absolute Gasteiger partial charge is 0.408 e. The number of aryl methyl sites for hydroxylation is 1. The van der Waals surface area contributed by atoms with Crippen LogP contribution in [-0.4, -0.2) is 45.6 Å². The number of hydrogen-bond donors (Lipinski definition) is 1. The van der Waals surface area contributed by atoms with E-state index in [0.29, 0.717) is 12.2 Å². The summed E-state index contributed by atoms with van der Waals surface area (Å²) in [6, 6.07) is 16.6. The molecule has 0 aliphatic rings. The van der Waals surface area contributed by atoms with Crippen LogP contribution in [0.1, 0.15) is 37.9 Å². The Morgan fingerprint density at radius 2 is 1.69 bits per heavy atom. The zero-order chi connectivity index (χ0) is 23.3. The van der Waals surface area contributed by atoms with Crippen molar-refractivity contribution in [3.05, 3.63) is 71.7 Å². The highest BCUT2D eigenvalue weighted by Gasteiger charge is 2.27. The maximum absolute atomic E-state index is 13.3. The Hall–Kier alpha value is -3.48. The molecule has 3 aromatic rings. The van der Waals surface area contributed by atoms with E-state index in [1.807, 2.05) is 61.5 Å². The minimum atomic E-state index is -0.779. The average Bonchev–Trinajstić information content (AvgIpc) is 2.72. The minimum absolute atomic E-state index is 0.228. The molecular weight excluding hydrogens is 404 g/mol. The third-order valence-electron chi connectivity index (χ3n) is 4.87. The largest absolute Gasteiger partial charge is 0.444 e. The molecule has 0 saturated heterocycles. The molecule has 3 rings (SSSR count). The highest BCUT2D eigenvalue weighted by Crippen LogP contribution is 2.16. The van der Waals surface area contributed by atoms with Gasteiger partial charge in [-0.25, -0.2) is 14.8 Å². The number of benzene rings is 2. The number of alkyl carbamates (subject to hydrolysis) is 1. The average molecular weight is 435 g/mol. The Bertz CT molecular complexity index is 1090. The van der Waals surface area contributed by atoms with Gasteiger partial charge < -0.3 is 15.0 Å². The van der Waals surface area contributed by atoms with Crippen LogP contribution < -0.4 is 5.32 Å². The highest BCUT2D eigenvalue weighted by atomic mass is 16.6. The molecule has 0 aliphatic carbocycles. The summed E-state index contributed by atoms with van der Waals surface area (Å²) in [5.74, 6) is 0.307.